The van der Waals surface area contributed by atoms with E-state index in [1.54, 1.807) is 6.08 Å². The Labute approximate surface area is 97.5 Å². The fourth-order valence-electron chi connectivity index (χ4n) is 1.55. The summed E-state index contributed by atoms with van der Waals surface area (Å²) in [4.78, 5) is 8.50. The number of aryl methyl sites for hydroxylation is 1. The molecule has 0 aliphatic rings. The van der Waals surface area contributed by atoms with Crippen molar-refractivity contribution in [3.05, 3.63) is 46.8 Å². The predicted molar refractivity (Wildman–Crippen MR) is 70.8 cm³/mol. The summed E-state index contributed by atoms with van der Waals surface area (Å²) in [6.45, 7) is 15.5. The van der Waals surface area contributed by atoms with Gasteiger partial charge >= 0.3 is 0 Å². The Morgan fingerprint density at radius 3 is 2.44 bits per heavy atom. The van der Waals surface area contributed by atoms with Crippen LogP contribution in [0.25, 0.3) is 5.70 Å². The molecule has 1 aromatic rings. The van der Waals surface area contributed by atoms with Crippen molar-refractivity contribution in [3.8, 4) is 0 Å². The number of rotatable bonds is 3. The predicted octanol–water partition coefficient (Wildman–Crippen LogP) is 3.62. The zero-order valence-electron chi connectivity index (χ0n) is 10.5. The van der Waals surface area contributed by atoms with Crippen molar-refractivity contribution in [2.75, 3.05) is 0 Å². The fourth-order valence-corrected chi connectivity index (χ4v) is 1.55. The lowest BCUT2D eigenvalue weighted by Gasteiger charge is -2.11. The van der Waals surface area contributed by atoms with Crippen molar-refractivity contribution in [2.24, 2.45) is 4.99 Å². The minimum atomic E-state index is 0.815. The second-order valence-electron chi connectivity index (χ2n) is 3.93. The van der Waals surface area contributed by atoms with Crippen LogP contribution in [-0.4, -0.2) is 11.7 Å². The molecule has 0 unspecified atom stereocenters. The summed E-state index contributed by atoms with van der Waals surface area (Å²) in [5.74, 6) is 0. The second-order valence-corrected chi connectivity index (χ2v) is 3.93. The summed E-state index contributed by atoms with van der Waals surface area (Å²) in [6.07, 6.45) is 3.65. The van der Waals surface area contributed by atoms with Crippen molar-refractivity contribution in [2.45, 2.75) is 27.7 Å². The highest BCUT2D eigenvalue weighted by molar-refractivity contribution is 5.72. The zero-order valence-corrected chi connectivity index (χ0v) is 10.5. The molecule has 0 aliphatic carbocycles. The van der Waals surface area contributed by atoms with E-state index in [1.165, 1.54) is 11.1 Å². The third-order valence-corrected chi connectivity index (χ3v) is 2.96. The first-order valence-corrected chi connectivity index (χ1v) is 5.26. The van der Waals surface area contributed by atoms with Crippen LogP contribution >= 0.6 is 0 Å². The summed E-state index contributed by atoms with van der Waals surface area (Å²) >= 11 is 0. The molecule has 84 valence electrons. The first-order chi connectivity index (χ1) is 7.52. The Kier molecular flexibility index (Phi) is 3.78. The third kappa shape index (κ3) is 2.11. The molecule has 0 N–H and O–H groups in total. The van der Waals surface area contributed by atoms with Gasteiger partial charge in [0.25, 0.3) is 0 Å². The van der Waals surface area contributed by atoms with Crippen LogP contribution in [0.2, 0.25) is 0 Å². The molecular formula is C14H18N2. The molecule has 0 fully saturated rings. The molecule has 16 heavy (non-hydrogen) atoms. The number of allylic oxidation sites excluding steroid dienone is 2. The number of aromatic nitrogens is 1. The summed E-state index contributed by atoms with van der Waals surface area (Å²) in [7, 11) is 0. The molecule has 0 saturated heterocycles. The van der Waals surface area contributed by atoms with Crippen LogP contribution in [-0.2, 0) is 0 Å². The zero-order chi connectivity index (χ0) is 12.3. The average molecular weight is 214 g/mol. The number of hydrogen-bond acceptors (Lipinski definition) is 2. The van der Waals surface area contributed by atoms with Crippen LogP contribution in [0.1, 0.15) is 29.3 Å². The van der Waals surface area contributed by atoms with Crippen LogP contribution in [0.4, 0.5) is 0 Å². The lowest BCUT2D eigenvalue weighted by Crippen LogP contribution is -1.98. The minimum Gasteiger partial charge on any atom is -0.262 e. The monoisotopic (exact) mass is 214 g/mol. The van der Waals surface area contributed by atoms with E-state index in [1.807, 2.05) is 13.1 Å². The molecule has 1 rings (SSSR count). The second kappa shape index (κ2) is 4.88. The summed E-state index contributed by atoms with van der Waals surface area (Å²) in [5, 5.41) is 0. The molecule has 2 heteroatoms. The van der Waals surface area contributed by atoms with Crippen molar-refractivity contribution in [1.82, 2.24) is 4.98 Å². The van der Waals surface area contributed by atoms with E-state index < -0.39 is 0 Å². The first kappa shape index (κ1) is 12.4. The van der Waals surface area contributed by atoms with E-state index >= 15 is 0 Å². The van der Waals surface area contributed by atoms with Gasteiger partial charge < -0.3 is 0 Å². The van der Waals surface area contributed by atoms with Crippen LogP contribution in [0, 0.1) is 20.8 Å². The van der Waals surface area contributed by atoms with E-state index in [9.17, 15) is 0 Å². The molecule has 0 radical (unpaired) electrons. The van der Waals surface area contributed by atoms with Gasteiger partial charge in [0.2, 0.25) is 0 Å². The van der Waals surface area contributed by atoms with E-state index in [2.05, 4.69) is 44.0 Å². The molecule has 0 atom stereocenters. The lowest BCUT2D eigenvalue weighted by molar-refractivity contribution is 1.12. The lowest BCUT2D eigenvalue weighted by atomic mass is 10.0. The van der Waals surface area contributed by atoms with Gasteiger partial charge in [0.1, 0.15) is 0 Å². The van der Waals surface area contributed by atoms with E-state index in [-0.39, 0.29) is 0 Å². The van der Waals surface area contributed by atoms with Gasteiger partial charge in [-0.05, 0) is 56.7 Å². The number of aliphatic imine (C=N–C) groups is 1. The van der Waals surface area contributed by atoms with Gasteiger partial charge in [-0.3, -0.25) is 9.98 Å². The molecule has 1 heterocycles. The van der Waals surface area contributed by atoms with Gasteiger partial charge in [0.05, 0.1) is 11.4 Å². The molecule has 2 nitrogen and oxygen atoms in total. The average Bonchev–Trinajstić information content (AvgIpc) is 2.29. The highest BCUT2D eigenvalue weighted by Gasteiger charge is 2.10. The van der Waals surface area contributed by atoms with Gasteiger partial charge in [-0.25, -0.2) is 0 Å². The molecule has 0 amide bonds. The highest BCUT2D eigenvalue weighted by Crippen LogP contribution is 2.24. The van der Waals surface area contributed by atoms with Gasteiger partial charge in [-0.15, -0.1) is 0 Å². The Bertz CT molecular complexity index is 468. The van der Waals surface area contributed by atoms with E-state index in [4.69, 9.17) is 0 Å². The maximum Gasteiger partial charge on any atom is 0.0920 e. The largest absolute Gasteiger partial charge is 0.262 e. The Balaban J connectivity index is 3.50. The summed E-state index contributed by atoms with van der Waals surface area (Å²) < 4.78 is 0. The quantitative estimate of drug-likeness (QED) is 0.557. The van der Waals surface area contributed by atoms with Gasteiger partial charge in [-0.2, -0.15) is 0 Å². The normalized spacial score (nSPS) is 12.0. The van der Waals surface area contributed by atoms with Crippen LogP contribution in [0.3, 0.4) is 0 Å². The number of pyridine rings is 1. The van der Waals surface area contributed by atoms with Crippen LogP contribution in [0.5, 0.6) is 0 Å². The standard InChI is InChI=1S/C14H18N2/c1-7-9(2)13(15-6)14-12(5)11(4)10(3)8-16-14/h7-8H,1,6H2,2-5H3/b13-9-. The third-order valence-electron chi connectivity index (χ3n) is 2.96. The topological polar surface area (TPSA) is 25.2 Å². The fraction of sp³-hybridized carbons (Fsp3) is 0.286. The minimum absolute atomic E-state index is 0.815. The maximum absolute atomic E-state index is 4.44. The van der Waals surface area contributed by atoms with Gasteiger partial charge in [-0.1, -0.05) is 12.7 Å². The molecule has 1 aromatic heterocycles. The molecule has 0 spiro atoms. The van der Waals surface area contributed by atoms with Crippen molar-refractivity contribution in [1.29, 1.82) is 0 Å². The molecule has 0 saturated carbocycles. The Morgan fingerprint density at radius 1 is 1.31 bits per heavy atom. The van der Waals surface area contributed by atoms with Crippen molar-refractivity contribution in [3.63, 3.8) is 0 Å². The molecular weight excluding hydrogens is 196 g/mol. The Morgan fingerprint density at radius 2 is 1.94 bits per heavy atom. The Hall–Kier alpha value is -1.70. The summed E-state index contributed by atoms with van der Waals surface area (Å²) in [5.41, 5.74) is 6.31. The smallest absolute Gasteiger partial charge is 0.0920 e. The number of nitrogens with zero attached hydrogens (tertiary/aromatic N) is 2. The SMILES string of the molecule is C=C/C(C)=C(\N=C)c1ncc(C)c(C)c1C. The van der Waals surface area contributed by atoms with Crippen LogP contribution in [0.15, 0.2) is 29.4 Å². The maximum atomic E-state index is 4.44. The van der Waals surface area contributed by atoms with Gasteiger partial charge in [0, 0.05) is 6.20 Å². The van der Waals surface area contributed by atoms with E-state index in [0.29, 0.717) is 0 Å². The molecule has 0 bridgehead atoms. The van der Waals surface area contributed by atoms with Gasteiger partial charge in [0.15, 0.2) is 0 Å². The highest BCUT2D eigenvalue weighted by atomic mass is 14.8. The van der Waals surface area contributed by atoms with Crippen molar-refractivity contribution < 1.29 is 0 Å². The number of hydrogen-bond donors (Lipinski definition) is 0. The summed E-state index contributed by atoms with van der Waals surface area (Å²) in [6, 6.07) is 0. The van der Waals surface area contributed by atoms with E-state index in [0.717, 1.165) is 22.5 Å². The first-order valence-electron chi connectivity index (χ1n) is 5.26. The molecule has 0 aromatic carbocycles. The molecule has 0 aliphatic heterocycles. The van der Waals surface area contributed by atoms with Crippen molar-refractivity contribution >= 4 is 12.4 Å². The van der Waals surface area contributed by atoms with Crippen LogP contribution < -0.4 is 0 Å².